The van der Waals surface area contributed by atoms with Crippen LogP contribution in [0.1, 0.15) is 0 Å². The first-order valence-electron chi connectivity index (χ1n) is 3.22. The highest BCUT2D eigenvalue weighted by molar-refractivity contribution is 7.13. The summed E-state index contributed by atoms with van der Waals surface area (Å²) in [5, 5.41) is 3.14. The van der Waals surface area contributed by atoms with E-state index in [9.17, 15) is 0 Å². The van der Waals surface area contributed by atoms with Crippen molar-refractivity contribution in [3.05, 3.63) is 29.3 Å². The Balaban J connectivity index is 2.45. The van der Waals surface area contributed by atoms with Gasteiger partial charge in [0.1, 0.15) is 16.5 Å². The van der Waals surface area contributed by atoms with E-state index in [0.29, 0.717) is 5.15 Å². The van der Waals surface area contributed by atoms with Crippen LogP contribution in [0.4, 0.5) is 0 Å². The third-order valence-electron chi connectivity index (χ3n) is 1.28. The van der Waals surface area contributed by atoms with Crippen LogP contribution >= 0.6 is 22.9 Å². The summed E-state index contributed by atoms with van der Waals surface area (Å²) in [6.45, 7) is 0. The van der Waals surface area contributed by atoms with Crippen molar-refractivity contribution in [2.45, 2.75) is 0 Å². The lowest BCUT2D eigenvalue weighted by Gasteiger charge is -1.90. The van der Waals surface area contributed by atoms with E-state index >= 15 is 0 Å². The molecule has 0 bridgehead atoms. The van der Waals surface area contributed by atoms with E-state index < -0.39 is 0 Å². The topological polar surface area (TPSA) is 38.7 Å². The molecule has 0 aliphatic rings. The van der Waals surface area contributed by atoms with Crippen LogP contribution in [0, 0.1) is 0 Å². The maximum atomic E-state index is 5.67. The van der Waals surface area contributed by atoms with Gasteiger partial charge in [-0.25, -0.2) is 15.0 Å². The third-order valence-corrected chi connectivity index (χ3v) is 2.50. The molecule has 2 aromatic rings. The van der Waals surface area contributed by atoms with Gasteiger partial charge < -0.3 is 0 Å². The SMILES string of the molecule is Clc1csc(-c2cncnc2)n1. The van der Waals surface area contributed by atoms with Crippen LogP contribution in [0.25, 0.3) is 10.6 Å². The van der Waals surface area contributed by atoms with Crippen molar-refractivity contribution in [2.75, 3.05) is 0 Å². The van der Waals surface area contributed by atoms with Crippen LogP contribution < -0.4 is 0 Å². The minimum atomic E-state index is 0.513. The van der Waals surface area contributed by atoms with Crippen LogP contribution in [-0.4, -0.2) is 15.0 Å². The van der Waals surface area contributed by atoms with Crippen molar-refractivity contribution in [3.8, 4) is 10.6 Å². The Morgan fingerprint density at radius 3 is 2.58 bits per heavy atom. The smallest absolute Gasteiger partial charge is 0.140 e. The Morgan fingerprint density at radius 2 is 2.00 bits per heavy atom. The first kappa shape index (κ1) is 7.64. The summed E-state index contributed by atoms with van der Waals surface area (Å²) in [5.41, 5.74) is 0.898. The van der Waals surface area contributed by atoms with Gasteiger partial charge in [0.15, 0.2) is 0 Å². The summed E-state index contributed by atoms with van der Waals surface area (Å²) in [5.74, 6) is 0. The van der Waals surface area contributed by atoms with E-state index in [-0.39, 0.29) is 0 Å². The molecule has 3 nitrogen and oxygen atoms in total. The van der Waals surface area contributed by atoms with Crippen molar-refractivity contribution >= 4 is 22.9 Å². The fourth-order valence-corrected chi connectivity index (χ4v) is 1.72. The zero-order valence-corrected chi connectivity index (χ0v) is 7.51. The summed E-state index contributed by atoms with van der Waals surface area (Å²) in [6.07, 6.45) is 4.91. The average Bonchev–Trinajstić information content (AvgIpc) is 2.54. The minimum Gasteiger partial charge on any atom is -0.244 e. The molecule has 0 aliphatic heterocycles. The zero-order chi connectivity index (χ0) is 8.39. The molecule has 0 saturated heterocycles. The molecular weight excluding hydrogens is 194 g/mol. The van der Waals surface area contributed by atoms with E-state index in [4.69, 9.17) is 11.6 Å². The minimum absolute atomic E-state index is 0.513. The Bertz CT molecular complexity index is 373. The molecule has 0 saturated carbocycles. The second kappa shape index (κ2) is 3.16. The van der Waals surface area contributed by atoms with Crippen molar-refractivity contribution in [3.63, 3.8) is 0 Å². The molecule has 0 amide bonds. The number of halogens is 1. The Labute approximate surface area is 78.1 Å². The molecule has 2 aromatic heterocycles. The number of hydrogen-bond donors (Lipinski definition) is 0. The maximum Gasteiger partial charge on any atom is 0.140 e. The van der Waals surface area contributed by atoms with Crippen LogP contribution in [0.5, 0.6) is 0 Å². The van der Waals surface area contributed by atoms with Gasteiger partial charge in [-0.3, -0.25) is 0 Å². The fourth-order valence-electron chi connectivity index (χ4n) is 0.796. The van der Waals surface area contributed by atoms with Crippen LogP contribution in [0.2, 0.25) is 5.15 Å². The predicted molar refractivity (Wildman–Crippen MR) is 48.2 cm³/mol. The molecule has 0 spiro atoms. The van der Waals surface area contributed by atoms with Gasteiger partial charge in [-0.05, 0) is 0 Å². The Morgan fingerprint density at radius 1 is 1.25 bits per heavy atom. The van der Waals surface area contributed by atoms with Gasteiger partial charge in [-0.15, -0.1) is 11.3 Å². The van der Waals surface area contributed by atoms with E-state index in [1.807, 2.05) is 0 Å². The van der Waals surface area contributed by atoms with Gasteiger partial charge in [-0.2, -0.15) is 0 Å². The van der Waals surface area contributed by atoms with Crippen molar-refractivity contribution in [1.82, 2.24) is 15.0 Å². The molecule has 0 radical (unpaired) electrons. The van der Waals surface area contributed by atoms with E-state index in [0.717, 1.165) is 10.6 Å². The van der Waals surface area contributed by atoms with Gasteiger partial charge in [0.05, 0.1) is 0 Å². The highest BCUT2D eigenvalue weighted by atomic mass is 35.5. The number of nitrogens with zero attached hydrogens (tertiary/aromatic N) is 3. The predicted octanol–water partition coefficient (Wildman–Crippen LogP) is 2.25. The second-order valence-electron chi connectivity index (χ2n) is 2.10. The summed E-state index contributed by atoms with van der Waals surface area (Å²) in [7, 11) is 0. The summed E-state index contributed by atoms with van der Waals surface area (Å²) >= 11 is 7.15. The summed E-state index contributed by atoms with van der Waals surface area (Å²) in [6, 6.07) is 0. The highest BCUT2D eigenvalue weighted by Crippen LogP contribution is 2.23. The molecule has 0 atom stereocenters. The number of thiazole rings is 1. The summed E-state index contributed by atoms with van der Waals surface area (Å²) in [4.78, 5) is 11.9. The van der Waals surface area contributed by atoms with Gasteiger partial charge in [-0.1, -0.05) is 11.6 Å². The van der Waals surface area contributed by atoms with E-state index in [1.54, 1.807) is 17.8 Å². The molecular formula is C7H4ClN3S. The molecule has 0 N–H and O–H groups in total. The van der Waals surface area contributed by atoms with Crippen LogP contribution in [0.3, 0.4) is 0 Å². The van der Waals surface area contributed by atoms with Crippen LogP contribution in [-0.2, 0) is 0 Å². The average molecular weight is 198 g/mol. The molecule has 0 aliphatic carbocycles. The summed E-state index contributed by atoms with van der Waals surface area (Å²) < 4.78 is 0. The lowest BCUT2D eigenvalue weighted by Crippen LogP contribution is -1.79. The quantitative estimate of drug-likeness (QED) is 0.704. The molecule has 0 aromatic carbocycles. The molecule has 12 heavy (non-hydrogen) atoms. The normalized spacial score (nSPS) is 10.1. The monoisotopic (exact) mass is 197 g/mol. The van der Waals surface area contributed by atoms with E-state index in [2.05, 4.69) is 15.0 Å². The van der Waals surface area contributed by atoms with Gasteiger partial charge in [0.25, 0.3) is 0 Å². The maximum absolute atomic E-state index is 5.67. The first-order chi connectivity index (χ1) is 5.86. The largest absolute Gasteiger partial charge is 0.244 e. The molecule has 2 rings (SSSR count). The number of aromatic nitrogens is 3. The van der Waals surface area contributed by atoms with Gasteiger partial charge in [0, 0.05) is 23.3 Å². The lowest BCUT2D eigenvalue weighted by atomic mass is 10.4. The molecule has 5 heteroatoms. The van der Waals surface area contributed by atoms with Crippen molar-refractivity contribution in [2.24, 2.45) is 0 Å². The molecule has 60 valence electrons. The first-order valence-corrected chi connectivity index (χ1v) is 4.48. The van der Waals surface area contributed by atoms with Gasteiger partial charge in [0.2, 0.25) is 0 Å². The highest BCUT2D eigenvalue weighted by Gasteiger charge is 2.02. The van der Waals surface area contributed by atoms with Crippen LogP contribution in [0.15, 0.2) is 24.1 Å². The standard InChI is InChI=1S/C7H4ClN3S/c8-6-3-12-7(11-6)5-1-9-4-10-2-5/h1-4H. The molecule has 0 unspecified atom stereocenters. The Kier molecular flexibility index (Phi) is 2.01. The van der Waals surface area contributed by atoms with Gasteiger partial charge >= 0.3 is 0 Å². The van der Waals surface area contributed by atoms with Crippen molar-refractivity contribution < 1.29 is 0 Å². The third kappa shape index (κ3) is 1.44. The lowest BCUT2D eigenvalue weighted by molar-refractivity contribution is 1.17. The molecule has 2 heterocycles. The molecule has 0 fully saturated rings. The fraction of sp³-hybridized carbons (Fsp3) is 0. The van der Waals surface area contributed by atoms with E-state index in [1.165, 1.54) is 17.7 Å². The number of rotatable bonds is 1. The second-order valence-corrected chi connectivity index (χ2v) is 3.35. The Hall–Kier alpha value is -1.00. The zero-order valence-electron chi connectivity index (χ0n) is 5.94. The number of hydrogen-bond acceptors (Lipinski definition) is 4. The van der Waals surface area contributed by atoms with Crippen molar-refractivity contribution in [1.29, 1.82) is 0 Å².